The van der Waals surface area contributed by atoms with Crippen molar-refractivity contribution in [2.75, 3.05) is 12.4 Å². The minimum absolute atomic E-state index is 0.194. The summed E-state index contributed by atoms with van der Waals surface area (Å²) in [7, 11) is 0. The first-order valence-corrected chi connectivity index (χ1v) is 5.98. The van der Waals surface area contributed by atoms with Crippen molar-refractivity contribution in [3.8, 4) is 5.69 Å². The van der Waals surface area contributed by atoms with E-state index in [-0.39, 0.29) is 6.61 Å². The van der Waals surface area contributed by atoms with Gasteiger partial charge >= 0.3 is 0 Å². The monoisotopic (exact) mass is 236 g/mol. The predicted octanol–water partition coefficient (Wildman–Crippen LogP) is 1.14. The Balaban J connectivity index is 2.13. The van der Waals surface area contributed by atoms with Crippen LogP contribution in [0.2, 0.25) is 0 Å². The van der Waals surface area contributed by atoms with Gasteiger partial charge in [-0.3, -0.25) is 0 Å². The van der Waals surface area contributed by atoms with Gasteiger partial charge in [0.25, 0.3) is 0 Å². The number of rotatable bonds is 5. The third-order valence-electron chi connectivity index (χ3n) is 1.98. The van der Waals surface area contributed by atoms with E-state index < -0.39 is 0 Å². The van der Waals surface area contributed by atoms with Gasteiger partial charge in [-0.2, -0.15) is 4.68 Å². The minimum atomic E-state index is 0.194. The number of benzene rings is 1. The van der Waals surface area contributed by atoms with E-state index in [1.807, 2.05) is 30.3 Å². The molecule has 5 nitrogen and oxygen atoms in total. The number of nitrogens with zero attached hydrogens (tertiary/aromatic N) is 4. The molecule has 0 aliphatic rings. The maximum absolute atomic E-state index is 8.71. The Labute approximate surface area is 97.5 Å². The molecule has 0 aliphatic carbocycles. The fraction of sp³-hybridized carbons (Fsp3) is 0.300. The van der Waals surface area contributed by atoms with Gasteiger partial charge in [0.2, 0.25) is 5.16 Å². The zero-order valence-corrected chi connectivity index (χ0v) is 9.47. The lowest BCUT2D eigenvalue weighted by Gasteiger charge is -2.02. The van der Waals surface area contributed by atoms with Crippen LogP contribution in [-0.4, -0.2) is 37.7 Å². The average Bonchev–Trinajstić information content (AvgIpc) is 2.79. The molecule has 0 radical (unpaired) electrons. The SMILES string of the molecule is OCCCSc1nnnn1-c1ccccc1. The van der Waals surface area contributed by atoms with Gasteiger partial charge in [0.05, 0.1) is 5.69 Å². The number of thioether (sulfide) groups is 1. The van der Waals surface area contributed by atoms with E-state index in [2.05, 4.69) is 15.5 Å². The Bertz CT molecular complexity index is 431. The first kappa shape index (κ1) is 11.1. The number of aliphatic hydroxyl groups excluding tert-OH is 1. The number of aliphatic hydroxyl groups is 1. The van der Waals surface area contributed by atoms with E-state index in [1.165, 1.54) is 11.8 Å². The summed E-state index contributed by atoms with van der Waals surface area (Å²) in [4.78, 5) is 0. The Kier molecular flexibility index (Phi) is 3.90. The summed E-state index contributed by atoms with van der Waals surface area (Å²) in [5, 5.41) is 21.0. The van der Waals surface area contributed by atoms with Crippen LogP contribution in [-0.2, 0) is 0 Å². The third-order valence-corrected chi connectivity index (χ3v) is 2.98. The van der Waals surface area contributed by atoms with Crippen LogP contribution in [0.3, 0.4) is 0 Å². The van der Waals surface area contributed by atoms with E-state index in [9.17, 15) is 0 Å². The Morgan fingerprint density at radius 2 is 2.06 bits per heavy atom. The molecule has 0 amide bonds. The quantitative estimate of drug-likeness (QED) is 0.623. The molecule has 2 rings (SSSR count). The highest BCUT2D eigenvalue weighted by Crippen LogP contribution is 2.18. The molecule has 0 unspecified atom stereocenters. The molecule has 1 N–H and O–H groups in total. The Morgan fingerprint density at radius 3 is 2.81 bits per heavy atom. The highest BCUT2D eigenvalue weighted by molar-refractivity contribution is 7.99. The van der Waals surface area contributed by atoms with Gasteiger partial charge in [0.1, 0.15) is 0 Å². The summed E-state index contributed by atoms with van der Waals surface area (Å²) in [6.07, 6.45) is 0.742. The zero-order valence-electron chi connectivity index (χ0n) is 8.65. The maximum atomic E-state index is 8.71. The largest absolute Gasteiger partial charge is 0.396 e. The number of para-hydroxylation sites is 1. The van der Waals surface area contributed by atoms with Gasteiger partial charge in [-0.05, 0) is 29.0 Å². The highest BCUT2D eigenvalue weighted by atomic mass is 32.2. The molecule has 0 aliphatic heterocycles. The lowest BCUT2D eigenvalue weighted by molar-refractivity contribution is 0.296. The normalized spacial score (nSPS) is 10.6. The van der Waals surface area contributed by atoms with E-state index in [1.54, 1.807) is 4.68 Å². The fourth-order valence-corrected chi connectivity index (χ4v) is 2.04. The molecule has 0 spiro atoms. The van der Waals surface area contributed by atoms with Crippen LogP contribution in [0, 0.1) is 0 Å². The van der Waals surface area contributed by atoms with Gasteiger partial charge in [-0.15, -0.1) is 5.10 Å². The van der Waals surface area contributed by atoms with Gasteiger partial charge in [0.15, 0.2) is 0 Å². The van der Waals surface area contributed by atoms with Crippen LogP contribution in [0.5, 0.6) is 0 Å². The predicted molar refractivity (Wildman–Crippen MR) is 61.6 cm³/mol. The van der Waals surface area contributed by atoms with Crippen molar-refractivity contribution in [1.82, 2.24) is 20.2 Å². The van der Waals surface area contributed by atoms with E-state index in [4.69, 9.17) is 5.11 Å². The molecule has 2 aromatic rings. The van der Waals surface area contributed by atoms with Crippen LogP contribution in [0.15, 0.2) is 35.5 Å². The summed E-state index contributed by atoms with van der Waals surface area (Å²) < 4.78 is 1.70. The van der Waals surface area contributed by atoms with E-state index in [0.717, 1.165) is 23.0 Å². The topological polar surface area (TPSA) is 63.8 Å². The molecule has 0 saturated carbocycles. The third kappa shape index (κ3) is 2.59. The first-order valence-electron chi connectivity index (χ1n) is 4.99. The number of hydrogen-bond donors (Lipinski definition) is 1. The summed E-state index contributed by atoms with van der Waals surface area (Å²) in [6.45, 7) is 0.194. The second-order valence-corrected chi connectivity index (χ2v) is 4.20. The van der Waals surface area contributed by atoms with E-state index in [0.29, 0.717) is 0 Å². The number of tetrazole rings is 1. The standard InChI is InChI=1S/C10H12N4OS/c15-7-4-8-16-10-11-12-13-14(10)9-5-2-1-3-6-9/h1-3,5-6,15H,4,7-8H2. The van der Waals surface area contributed by atoms with Crippen LogP contribution < -0.4 is 0 Å². The minimum Gasteiger partial charge on any atom is -0.396 e. The van der Waals surface area contributed by atoms with Crippen LogP contribution in [0.4, 0.5) is 0 Å². The molecular formula is C10H12N4OS. The van der Waals surface area contributed by atoms with Crippen molar-refractivity contribution in [3.05, 3.63) is 30.3 Å². The average molecular weight is 236 g/mol. The summed E-state index contributed by atoms with van der Waals surface area (Å²) in [5.41, 5.74) is 0.944. The molecule has 0 bridgehead atoms. The Morgan fingerprint density at radius 1 is 1.25 bits per heavy atom. The molecule has 0 fully saturated rings. The lowest BCUT2D eigenvalue weighted by atomic mass is 10.3. The molecule has 6 heteroatoms. The van der Waals surface area contributed by atoms with Crippen molar-refractivity contribution >= 4 is 11.8 Å². The Hall–Kier alpha value is -1.40. The lowest BCUT2D eigenvalue weighted by Crippen LogP contribution is -1.99. The maximum Gasteiger partial charge on any atom is 0.214 e. The van der Waals surface area contributed by atoms with Crippen molar-refractivity contribution in [1.29, 1.82) is 0 Å². The van der Waals surface area contributed by atoms with Gasteiger partial charge in [-0.25, -0.2) is 0 Å². The molecule has 1 aromatic heterocycles. The van der Waals surface area contributed by atoms with Gasteiger partial charge in [-0.1, -0.05) is 30.0 Å². The summed E-state index contributed by atoms with van der Waals surface area (Å²) >= 11 is 1.54. The number of aromatic nitrogens is 4. The molecule has 1 heterocycles. The van der Waals surface area contributed by atoms with Crippen LogP contribution in [0.1, 0.15) is 6.42 Å². The zero-order chi connectivity index (χ0) is 11.2. The molecule has 0 atom stereocenters. The molecule has 16 heavy (non-hydrogen) atoms. The molecular weight excluding hydrogens is 224 g/mol. The van der Waals surface area contributed by atoms with Crippen molar-refractivity contribution < 1.29 is 5.11 Å². The molecule has 0 saturated heterocycles. The molecule has 84 valence electrons. The van der Waals surface area contributed by atoms with Crippen molar-refractivity contribution in [2.24, 2.45) is 0 Å². The van der Waals surface area contributed by atoms with Gasteiger partial charge < -0.3 is 5.11 Å². The van der Waals surface area contributed by atoms with E-state index >= 15 is 0 Å². The smallest absolute Gasteiger partial charge is 0.214 e. The molecule has 1 aromatic carbocycles. The second kappa shape index (κ2) is 5.62. The van der Waals surface area contributed by atoms with Crippen LogP contribution in [0.25, 0.3) is 5.69 Å². The summed E-state index contributed by atoms with van der Waals surface area (Å²) in [6, 6.07) is 9.74. The highest BCUT2D eigenvalue weighted by Gasteiger charge is 2.07. The van der Waals surface area contributed by atoms with Crippen molar-refractivity contribution in [3.63, 3.8) is 0 Å². The first-order chi connectivity index (χ1) is 7.92. The van der Waals surface area contributed by atoms with Gasteiger partial charge in [0, 0.05) is 12.4 Å². The summed E-state index contributed by atoms with van der Waals surface area (Å²) in [5.74, 6) is 0.809. The van der Waals surface area contributed by atoms with Crippen LogP contribution >= 0.6 is 11.8 Å². The van der Waals surface area contributed by atoms with Crippen molar-refractivity contribution in [2.45, 2.75) is 11.6 Å². The second-order valence-electron chi connectivity index (χ2n) is 3.13. The fourth-order valence-electron chi connectivity index (χ4n) is 1.23. The number of hydrogen-bond acceptors (Lipinski definition) is 5.